The average Bonchev–Trinajstić information content (AvgIpc) is 2.81. The molecule has 0 saturated carbocycles. The van der Waals surface area contributed by atoms with E-state index in [9.17, 15) is 14.4 Å². The highest BCUT2D eigenvalue weighted by molar-refractivity contribution is 6.01. The van der Waals surface area contributed by atoms with E-state index < -0.39 is 18.5 Å². The van der Waals surface area contributed by atoms with Crippen LogP contribution in [0.25, 0.3) is 0 Å². The van der Waals surface area contributed by atoms with E-state index in [2.05, 4.69) is 5.32 Å². The van der Waals surface area contributed by atoms with Gasteiger partial charge in [-0.05, 0) is 55.3 Å². The largest absolute Gasteiger partial charge is 0.456 e. The van der Waals surface area contributed by atoms with E-state index in [-0.39, 0.29) is 18.7 Å². The second kappa shape index (κ2) is 10.9. The van der Waals surface area contributed by atoms with Crippen molar-refractivity contribution < 1.29 is 19.1 Å². The first kappa shape index (κ1) is 22.7. The predicted octanol–water partition coefficient (Wildman–Crippen LogP) is 4.93. The minimum atomic E-state index is -0.601. The fourth-order valence-corrected chi connectivity index (χ4v) is 3.20. The van der Waals surface area contributed by atoms with Crippen LogP contribution in [0.3, 0.4) is 0 Å². The van der Waals surface area contributed by atoms with E-state index in [1.54, 1.807) is 11.0 Å². The van der Waals surface area contributed by atoms with Gasteiger partial charge in [-0.15, -0.1) is 0 Å². The number of carbonyl (C=O) groups excluding carboxylic acids is 3. The first-order valence-corrected chi connectivity index (χ1v) is 10.4. The van der Waals surface area contributed by atoms with Crippen molar-refractivity contribution >= 4 is 34.8 Å². The van der Waals surface area contributed by atoms with Crippen molar-refractivity contribution in [2.75, 3.05) is 16.8 Å². The van der Waals surface area contributed by atoms with Crippen molar-refractivity contribution in [1.29, 1.82) is 0 Å². The highest BCUT2D eigenvalue weighted by atomic mass is 16.5. The maximum atomic E-state index is 12.9. The van der Waals surface area contributed by atoms with Crippen LogP contribution in [-0.4, -0.2) is 24.4 Å². The normalized spacial score (nSPS) is 10.3. The molecule has 0 unspecified atom stereocenters. The lowest BCUT2D eigenvalue weighted by Crippen LogP contribution is -2.27. The van der Waals surface area contributed by atoms with Crippen LogP contribution in [0.15, 0.2) is 78.9 Å². The van der Waals surface area contributed by atoms with E-state index in [0.717, 1.165) is 11.1 Å². The Morgan fingerprint density at radius 2 is 1.38 bits per heavy atom. The molecule has 3 aromatic carbocycles. The zero-order valence-corrected chi connectivity index (χ0v) is 18.2. The van der Waals surface area contributed by atoms with Crippen LogP contribution in [0.4, 0.5) is 17.1 Å². The van der Waals surface area contributed by atoms with Crippen LogP contribution in [0.5, 0.6) is 0 Å². The third-order valence-corrected chi connectivity index (χ3v) is 5.06. The highest BCUT2D eigenvalue weighted by Gasteiger charge is 2.19. The summed E-state index contributed by atoms with van der Waals surface area (Å²) in [5.41, 5.74) is 4.12. The number of amides is 2. The second-order valence-electron chi connectivity index (χ2n) is 7.36. The van der Waals surface area contributed by atoms with Gasteiger partial charge >= 0.3 is 5.97 Å². The molecule has 3 aromatic rings. The molecule has 6 heteroatoms. The van der Waals surface area contributed by atoms with Gasteiger partial charge in [0, 0.05) is 23.5 Å². The summed E-state index contributed by atoms with van der Waals surface area (Å²) in [6, 6.07) is 24.1. The number of carbonyl (C=O) groups is 3. The first-order chi connectivity index (χ1) is 15.5. The van der Waals surface area contributed by atoms with Crippen molar-refractivity contribution in [2.24, 2.45) is 0 Å². The summed E-state index contributed by atoms with van der Waals surface area (Å²) in [7, 11) is 0. The lowest BCUT2D eigenvalue weighted by atomic mass is 10.1. The molecule has 0 heterocycles. The van der Waals surface area contributed by atoms with Gasteiger partial charge in [0.05, 0.1) is 6.42 Å². The Morgan fingerprint density at radius 1 is 0.781 bits per heavy atom. The molecule has 0 aliphatic heterocycles. The summed E-state index contributed by atoms with van der Waals surface area (Å²) in [6.07, 6.45) is -0.160. The van der Waals surface area contributed by atoms with Crippen LogP contribution in [0.1, 0.15) is 24.0 Å². The topological polar surface area (TPSA) is 75.7 Å². The van der Waals surface area contributed by atoms with Crippen molar-refractivity contribution in [3.05, 3.63) is 90.0 Å². The molecular formula is C26H26N2O4. The maximum absolute atomic E-state index is 12.9. The molecule has 0 fully saturated rings. The molecule has 0 spiro atoms. The van der Waals surface area contributed by atoms with Crippen LogP contribution in [0.2, 0.25) is 0 Å². The van der Waals surface area contributed by atoms with E-state index in [1.165, 1.54) is 0 Å². The molecule has 0 aliphatic rings. The maximum Gasteiger partial charge on any atom is 0.306 e. The standard InChI is InChI=1S/C26H26N2O4/c1-19-10-9-15-23(20(19)2)27-24(29)18-32-26(31)17-16-25(30)28(21-11-5-3-6-12-21)22-13-7-4-8-14-22/h3-15H,16-18H2,1-2H3,(H,27,29). The molecular weight excluding hydrogens is 404 g/mol. The molecule has 32 heavy (non-hydrogen) atoms. The molecule has 0 aromatic heterocycles. The van der Waals surface area contributed by atoms with E-state index >= 15 is 0 Å². The summed E-state index contributed by atoms with van der Waals surface area (Å²) < 4.78 is 5.07. The van der Waals surface area contributed by atoms with Crippen molar-refractivity contribution in [3.8, 4) is 0 Å². The Kier molecular flexibility index (Phi) is 7.75. The minimum Gasteiger partial charge on any atom is -0.456 e. The molecule has 1 N–H and O–H groups in total. The van der Waals surface area contributed by atoms with Gasteiger partial charge in [-0.3, -0.25) is 19.3 Å². The molecule has 0 radical (unpaired) electrons. The smallest absolute Gasteiger partial charge is 0.306 e. The average molecular weight is 431 g/mol. The first-order valence-electron chi connectivity index (χ1n) is 10.4. The number of nitrogens with zero attached hydrogens (tertiary/aromatic N) is 1. The minimum absolute atomic E-state index is 0.0404. The van der Waals surface area contributed by atoms with Gasteiger partial charge < -0.3 is 10.1 Å². The molecule has 3 rings (SSSR count). The fourth-order valence-electron chi connectivity index (χ4n) is 3.20. The number of aryl methyl sites for hydroxylation is 1. The lowest BCUT2D eigenvalue weighted by molar-refractivity contribution is -0.148. The van der Waals surface area contributed by atoms with Crippen LogP contribution in [-0.2, 0) is 19.1 Å². The molecule has 0 atom stereocenters. The lowest BCUT2D eigenvalue weighted by Gasteiger charge is -2.23. The number of ether oxygens (including phenoxy) is 1. The van der Waals surface area contributed by atoms with Gasteiger partial charge in [-0.1, -0.05) is 48.5 Å². The summed E-state index contributed by atoms with van der Waals surface area (Å²) >= 11 is 0. The van der Waals surface area contributed by atoms with Gasteiger partial charge in [0.15, 0.2) is 6.61 Å². The van der Waals surface area contributed by atoms with Crippen LogP contribution < -0.4 is 10.2 Å². The third kappa shape index (κ3) is 6.04. The number of anilines is 3. The fraction of sp³-hybridized carbons (Fsp3) is 0.192. The summed E-state index contributed by atoms with van der Waals surface area (Å²) in [5, 5.41) is 2.74. The number of benzene rings is 3. The van der Waals surface area contributed by atoms with E-state index in [0.29, 0.717) is 17.1 Å². The number of esters is 1. The summed E-state index contributed by atoms with van der Waals surface area (Å²) in [4.78, 5) is 38.8. The van der Waals surface area contributed by atoms with E-state index in [1.807, 2.05) is 86.6 Å². The Morgan fingerprint density at radius 3 is 1.97 bits per heavy atom. The van der Waals surface area contributed by atoms with Gasteiger partial charge in [-0.2, -0.15) is 0 Å². The number of rotatable bonds is 8. The summed E-state index contributed by atoms with van der Waals surface area (Å²) in [5.74, 6) is -1.26. The van der Waals surface area contributed by atoms with Gasteiger partial charge in [0.2, 0.25) is 5.91 Å². The molecule has 2 amide bonds. The monoisotopic (exact) mass is 430 g/mol. The molecule has 0 aliphatic carbocycles. The van der Waals surface area contributed by atoms with Crippen LogP contribution >= 0.6 is 0 Å². The third-order valence-electron chi connectivity index (χ3n) is 5.06. The van der Waals surface area contributed by atoms with E-state index in [4.69, 9.17) is 4.74 Å². The Bertz CT molecular complexity index is 1040. The zero-order valence-electron chi connectivity index (χ0n) is 18.2. The molecule has 0 bridgehead atoms. The van der Waals surface area contributed by atoms with Gasteiger partial charge in [0.1, 0.15) is 0 Å². The molecule has 0 saturated heterocycles. The molecule has 6 nitrogen and oxygen atoms in total. The number of para-hydroxylation sites is 2. The quantitative estimate of drug-likeness (QED) is 0.514. The Hall–Kier alpha value is -3.93. The Balaban J connectivity index is 1.54. The van der Waals surface area contributed by atoms with Gasteiger partial charge in [0.25, 0.3) is 5.91 Å². The number of hydrogen-bond donors (Lipinski definition) is 1. The van der Waals surface area contributed by atoms with Crippen molar-refractivity contribution in [3.63, 3.8) is 0 Å². The van der Waals surface area contributed by atoms with Crippen molar-refractivity contribution in [2.45, 2.75) is 26.7 Å². The number of nitrogens with one attached hydrogen (secondary N) is 1. The predicted molar refractivity (Wildman–Crippen MR) is 125 cm³/mol. The zero-order chi connectivity index (χ0) is 22.9. The second-order valence-corrected chi connectivity index (χ2v) is 7.36. The Labute approximate surface area is 187 Å². The number of hydrogen-bond acceptors (Lipinski definition) is 4. The highest BCUT2D eigenvalue weighted by Crippen LogP contribution is 2.26. The van der Waals surface area contributed by atoms with Crippen molar-refractivity contribution in [1.82, 2.24) is 0 Å². The van der Waals surface area contributed by atoms with Crippen LogP contribution in [0, 0.1) is 13.8 Å². The summed E-state index contributed by atoms with van der Waals surface area (Å²) in [6.45, 7) is 3.46. The van der Waals surface area contributed by atoms with Gasteiger partial charge in [-0.25, -0.2) is 0 Å². The molecule has 164 valence electrons. The SMILES string of the molecule is Cc1cccc(NC(=O)COC(=O)CCC(=O)N(c2ccccc2)c2ccccc2)c1C.